The average Bonchev–Trinajstić information content (AvgIpc) is 2.58. The number of nitrogens with zero attached hydrogens (tertiary/aromatic N) is 2. The van der Waals surface area contributed by atoms with E-state index in [-0.39, 0.29) is 0 Å². The summed E-state index contributed by atoms with van der Waals surface area (Å²) in [4.78, 5) is 7.09. The summed E-state index contributed by atoms with van der Waals surface area (Å²) in [5.74, 6) is 1.03. The van der Waals surface area contributed by atoms with E-state index in [1.54, 1.807) is 7.11 Å². The molecule has 0 aromatic carbocycles. The van der Waals surface area contributed by atoms with Gasteiger partial charge in [-0.1, -0.05) is 0 Å². The first kappa shape index (κ1) is 21.2. The van der Waals surface area contributed by atoms with Crippen LogP contribution in [-0.2, 0) is 14.2 Å². The van der Waals surface area contributed by atoms with Gasteiger partial charge in [-0.3, -0.25) is 4.99 Å². The van der Waals surface area contributed by atoms with Gasteiger partial charge in [0.1, 0.15) is 0 Å². The molecule has 0 spiro atoms. The minimum atomic E-state index is 0.296. The van der Waals surface area contributed by atoms with Gasteiger partial charge in [-0.05, 0) is 46.5 Å². The maximum absolute atomic E-state index is 5.93. The van der Waals surface area contributed by atoms with Gasteiger partial charge in [0, 0.05) is 53.1 Å². The molecule has 24 heavy (non-hydrogen) atoms. The lowest BCUT2D eigenvalue weighted by molar-refractivity contribution is 0.00990. The summed E-state index contributed by atoms with van der Waals surface area (Å²) < 4.78 is 16.5. The van der Waals surface area contributed by atoms with E-state index in [2.05, 4.69) is 31.0 Å². The normalized spacial score (nSPS) is 16.9. The summed E-state index contributed by atoms with van der Waals surface area (Å²) >= 11 is 0. The summed E-state index contributed by atoms with van der Waals surface area (Å²) in [5, 5.41) is 3.40. The van der Waals surface area contributed by atoms with Crippen LogP contribution in [0.25, 0.3) is 0 Å². The maximum Gasteiger partial charge on any atom is 0.193 e. The first-order chi connectivity index (χ1) is 11.7. The van der Waals surface area contributed by atoms with Crippen LogP contribution in [0, 0.1) is 0 Å². The molecule has 0 aliphatic carbocycles. The lowest BCUT2D eigenvalue weighted by Gasteiger charge is -2.34. The minimum absolute atomic E-state index is 0.296. The van der Waals surface area contributed by atoms with Crippen molar-refractivity contribution in [3.05, 3.63) is 0 Å². The number of aliphatic imine (C=N–C) groups is 1. The van der Waals surface area contributed by atoms with Crippen LogP contribution in [0.5, 0.6) is 0 Å². The lowest BCUT2D eigenvalue weighted by Crippen LogP contribution is -2.47. The third-order valence-electron chi connectivity index (χ3n) is 3.94. The number of guanidine groups is 1. The van der Waals surface area contributed by atoms with Crippen LogP contribution >= 0.6 is 0 Å². The fourth-order valence-electron chi connectivity index (χ4n) is 2.68. The molecule has 0 saturated carbocycles. The number of rotatable bonds is 11. The van der Waals surface area contributed by atoms with Crippen molar-refractivity contribution < 1.29 is 14.2 Å². The Kier molecular flexibility index (Phi) is 11.9. The second kappa shape index (κ2) is 13.4. The van der Waals surface area contributed by atoms with Crippen LogP contribution in [0.15, 0.2) is 4.99 Å². The third kappa shape index (κ3) is 9.45. The number of hydrogen-bond donors (Lipinski definition) is 1. The molecular formula is C18H37N3O3. The van der Waals surface area contributed by atoms with Gasteiger partial charge in [0.15, 0.2) is 5.96 Å². The number of likely N-dealkylation sites (tertiary alicyclic amines) is 1. The summed E-state index contributed by atoms with van der Waals surface area (Å²) in [7, 11) is 1.73. The summed E-state index contributed by atoms with van der Waals surface area (Å²) in [5.41, 5.74) is 0. The average molecular weight is 344 g/mol. The number of nitrogens with one attached hydrogen (secondary N) is 1. The molecule has 0 atom stereocenters. The highest BCUT2D eigenvalue weighted by molar-refractivity contribution is 5.80. The predicted octanol–water partition coefficient (Wildman–Crippen LogP) is 2.28. The maximum atomic E-state index is 5.93. The Bertz CT molecular complexity index is 329. The molecule has 1 aliphatic heterocycles. The van der Waals surface area contributed by atoms with E-state index in [9.17, 15) is 0 Å². The van der Waals surface area contributed by atoms with Gasteiger partial charge in [0.05, 0.1) is 12.2 Å². The molecule has 6 heteroatoms. The van der Waals surface area contributed by atoms with Crippen molar-refractivity contribution in [2.24, 2.45) is 4.99 Å². The summed E-state index contributed by atoms with van der Waals surface area (Å²) in [6.07, 6.45) is 4.73. The standard InChI is InChI=1S/C18H37N3O3/c1-5-19-18(20-10-6-14-23-16(2)3)21-11-8-17(9-12-21)24-15-7-13-22-4/h16-17H,5-15H2,1-4H3,(H,19,20). The number of hydrogen-bond acceptors (Lipinski definition) is 4. The molecular weight excluding hydrogens is 306 g/mol. The molecule has 1 fully saturated rings. The monoisotopic (exact) mass is 343 g/mol. The van der Waals surface area contributed by atoms with E-state index in [0.717, 1.165) is 77.6 Å². The second-order valence-corrected chi connectivity index (χ2v) is 6.41. The minimum Gasteiger partial charge on any atom is -0.385 e. The Balaban J connectivity index is 2.28. The Morgan fingerprint density at radius 3 is 2.54 bits per heavy atom. The first-order valence-corrected chi connectivity index (χ1v) is 9.42. The van der Waals surface area contributed by atoms with Crippen molar-refractivity contribution in [3.8, 4) is 0 Å². The van der Waals surface area contributed by atoms with Gasteiger partial charge in [-0.25, -0.2) is 0 Å². The van der Waals surface area contributed by atoms with Crippen molar-refractivity contribution in [1.82, 2.24) is 10.2 Å². The van der Waals surface area contributed by atoms with Crippen LogP contribution in [-0.4, -0.2) is 76.2 Å². The molecule has 0 aromatic heterocycles. The van der Waals surface area contributed by atoms with Gasteiger partial charge < -0.3 is 24.4 Å². The first-order valence-electron chi connectivity index (χ1n) is 9.42. The Labute approximate surface area is 147 Å². The van der Waals surface area contributed by atoms with Crippen molar-refractivity contribution in [2.75, 3.05) is 53.1 Å². The number of piperidine rings is 1. The Hall–Kier alpha value is -0.850. The lowest BCUT2D eigenvalue weighted by atomic mass is 10.1. The van der Waals surface area contributed by atoms with E-state index >= 15 is 0 Å². The van der Waals surface area contributed by atoms with Crippen LogP contribution in [0.3, 0.4) is 0 Å². The highest BCUT2D eigenvalue weighted by Crippen LogP contribution is 2.14. The zero-order valence-corrected chi connectivity index (χ0v) is 16.1. The Morgan fingerprint density at radius 1 is 1.17 bits per heavy atom. The van der Waals surface area contributed by atoms with Crippen molar-refractivity contribution in [1.29, 1.82) is 0 Å². The molecule has 1 rings (SSSR count). The van der Waals surface area contributed by atoms with Crippen LogP contribution in [0.1, 0.15) is 46.5 Å². The molecule has 0 aromatic rings. The van der Waals surface area contributed by atoms with Gasteiger partial charge in [-0.15, -0.1) is 0 Å². The van der Waals surface area contributed by atoms with Crippen molar-refractivity contribution >= 4 is 5.96 Å². The predicted molar refractivity (Wildman–Crippen MR) is 98.7 cm³/mol. The highest BCUT2D eigenvalue weighted by atomic mass is 16.5. The smallest absolute Gasteiger partial charge is 0.193 e. The summed E-state index contributed by atoms with van der Waals surface area (Å²) in [6.45, 7) is 12.3. The van der Waals surface area contributed by atoms with E-state index in [1.807, 2.05) is 0 Å². The zero-order chi connectivity index (χ0) is 17.6. The molecule has 142 valence electrons. The Morgan fingerprint density at radius 2 is 1.92 bits per heavy atom. The zero-order valence-electron chi connectivity index (χ0n) is 16.1. The summed E-state index contributed by atoms with van der Waals surface area (Å²) in [6, 6.07) is 0. The quantitative estimate of drug-likeness (QED) is 0.354. The van der Waals surface area contributed by atoms with Crippen LogP contribution in [0.4, 0.5) is 0 Å². The van der Waals surface area contributed by atoms with Crippen molar-refractivity contribution in [2.45, 2.75) is 58.7 Å². The SMILES string of the molecule is CCNC(=NCCCOC(C)C)N1CCC(OCCCOC)CC1. The fraction of sp³-hybridized carbons (Fsp3) is 0.944. The van der Waals surface area contributed by atoms with E-state index in [1.165, 1.54) is 0 Å². The molecule has 0 unspecified atom stereocenters. The molecule has 6 nitrogen and oxygen atoms in total. The van der Waals surface area contributed by atoms with Gasteiger partial charge in [-0.2, -0.15) is 0 Å². The number of methoxy groups -OCH3 is 1. The van der Waals surface area contributed by atoms with Gasteiger partial charge in [0.25, 0.3) is 0 Å². The van der Waals surface area contributed by atoms with E-state index in [0.29, 0.717) is 12.2 Å². The van der Waals surface area contributed by atoms with E-state index in [4.69, 9.17) is 19.2 Å². The molecule has 1 heterocycles. The molecule has 0 amide bonds. The second-order valence-electron chi connectivity index (χ2n) is 6.41. The molecule has 1 N–H and O–H groups in total. The van der Waals surface area contributed by atoms with Crippen molar-refractivity contribution in [3.63, 3.8) is 0 Å². The molecule has 0 bridgehead atoms. The van der Waals surface area contributed by atoms with Gasteiger partial charge >= 0.3 is 0 Å². The largest absolute Gasteiger partial charge is 0.385 e. The topological polar surface area (TPSA) is 55.3 Å². The fourth-order valence-corrected chi connectivity index (χ4v) is 2.68. The van der Waals surface area contributed by atoms with E-state index < -0.39 is 0 Å². The van der Waals surface area contributed by atoms with Crippen LogP contribution in [0.2, 0.25) is 0 Å². The number of ether oxygens (including phenoxy) is 3. The van der Waals surface area contributed by atoms with Crippen LogP contribution < -0.4 is 5.32 Å². The molecule has 1 aliphatic rings. The molecule has 1 saturated heterocycles. The molecule has 0 radical (unpaired) electrons. The third-order valence-corrected chi connectivity index (χ3v) is 3.94. The highest BCUT2D eigenvalue weighted by Gasteiger charge is 2.21. The van der Waals surface area contributed by atoms with Gasteiger partial charge in [0.2, 0.25) is 0 Å².